The predicted molar refractivity (Wildman–Crippen MR) is 69.0 cm³/mol. The largest absolute Gasteiger partial charge is 0.299 e. The first-order valence-corrected chi connectivity index (χ1v) is 6.86. The first-order chi connectivity index (χ1) is 8.25. The highest BCUT2D eigenvalue weighted by Gasteiger charge is 2.39. The van der Waals surface area contributed by atoms with Gasteiger partial charge >= 0.3 is 0 Å². The number of rotatable bonds is 3. The maximum Gasteiger partial charge on any atom is 0.136 e. The van der Waals surface area contributed by atoms with Crippen LogP contribution in [0.15, 0.2) is 24.3 Å². The van der Waals surface area contributed by atoms with Crippen molar-refractivity contribution in [1.82, 2.24) is 0 Å². The number of Topliss-reactive ketones (excluding diaryl/α,β-unsaturated/α-hetero) is 1. The van der Waals surface area contributed by atoms with Crippen molar-refractivity contribution in [1.29, 1.82) is 0 Å². The molecule has 0 saturated heterocycles. The van der Waals surface area contributed by atoms with Crippen LogP contribution in [0.3, 0.4) is 0 Å². The van der Waals surface area contributed by atoms with Gasteiger partial charge in [-0.15, -0.1) is 0 Å². The van der Waals surface area contributed by atoms with E-state index in [0.29, 0.717) is 23.5 Å². The summed E-state index contributed by atoms with van der Waals surface area (Å²) in [5, 5.41) is 0. The fraction of sp³-hybridized carbons (Fsp3) is 0.562. The fourth-order valence-corrected chi connectivity index (χ4v) is 3.23. The molecule has 1 aromatic carbocycles. The zero-order valence-corrected chi connectivity index (χ0v) is 10.5. The van der Waals surface area contributed by atoms with Crippen molar-refractivity contribution in [2.24, 2.45) is 11.8 Å². The van der Waals surface area contributed by atoms with Gasteiger partial charge in [0.15, 0.2) is 0 Å². The molecule has 3 atom stereocenters. The number of hydrogen-bond acceptors (Lipinski definition) is 1. The van der Waals surface area contributed by atoms with Crippen LogP contribution in [0, 0.1) is 11.8 Å². The smallest absolute Gasteiger partial charge is 0.136 e. The van der Waals surface area contributed by atoms with Crippen LogP contribution in [-0.2, 0) is 11.2 Å². The Bertz CT molecular complexity index is 435. The third-order valence-electron chi connectivity index (χ3n) is 4.46. The lowest BCUT2D eigenvalue weighted by molar-refractivity contribution is -0.120. The third-order valence-corrected chi connectivity index (χ3v) is 4.46. The summed E-state index contributed by atoms with van der Waals surface area (Å²) in [7, 11) is 0. The molecular weight excluding hydrogens is 208 g/mol. The van der Waals surface area contributed by atoms with E-state index in [-0.39, 0.29) is 0 Å². The van der Waals surface area contributed by atoms with Crippen molar-refractivity contribution in [3.05, 3.63) is 35.4 Å². The zero-order chi connectivity index (χ0) is 11.8. The molecular formula is C16H20O. The number of fused-ring (bicyclic) bond motifs is 1. The maximum absolute atomic E-state index is 12.1. The van der Waals surface area contributed by atoms with Crippen LogP contribution in [0.2, 0.25) is 0 Å². The van der Waals surface area contributed by atoms with Crippen molar-refractivity contribution >= 4 is 5.78 Å². The summed E-state index contributed by atoms with van der Waals surface area (Å²) in [6.07, 6.45) is 5.55. The second-order valence-electron chi connectivity index (χ2n) is 5.78. The van der Waals surface area contributed by atoms with Crippen LogP contribution in [0.4, 0.5) is 0 Å². The van der Waals surface area contributed by atoms with Gasteiger partial charge in [0.1, 0.15) is 5.78 Å². The van der Waals surface area contributed by atoms with E-state index in [1.165, 1.54) is 30.4 Å². The Balaban J connectivity index is 1.74. The Labute approximate surface area is 103 Å². The second kappa shape index (κ2) is 4.29. The van der Waals surface area contributed by atoms with E-state index < -0.39 is 0 Å². The molecule has 1 saturated carbocycles. The predicted octanol–water partition coefficient (Wildman–Crippen LogP) is 3.72. The molecule has 17 heavy (non-hydrogen) atoms. The SMILES string of the molecule is CC1CC1C(=O)CC1CCCc2ccccc21. The molecule has 1 nitrogen and oxygen atoms in total. The maximum atomic E-state index is 12.1. The van der Waals surface area contributed by atoms with E-state index in [1.807, 2.05) is 0 Å². The molecule has 0 spiro atoms. The van der Waals surface area contributed by atoms with Gasteiger partial charge in [-0.2, -0.15) is 0 Å². The number of hydrogen-bond donors (Lipinski definition) is 0. The van der Waals surface area contributed by atoms with Crippen LogP contribution in [0.25, 0.3) is 0 Å². The molecule has 0 heterocycles. The molecule has 1 aromatic rings. The number of aryl methyl sites for hydroxylation is 1. The standard InChI is InChI=1S/C16H20O/c1-11-9-15(11)16(17)10-13-7-4-6-12-5-2-3-8-14(12)13/h2-3,5,8,11,13,15H,4,6-7,9-10H2,1H3. The normalized spacial score (nSPS) is 30.8. The molecule has 0 aliphatic heterocycles. The molecule has 0 radical (unpaired) electrons. The van der Waals surface area contributed by atoms with Crippen LogP contribution < -0.4 is 0 Å². The first-order valence-electron chi connectivity index (χ1n) is 6.86. The number of benzene rings is 1. The Morgan fingerprint density at radius 1 is 1.35 bits per heavy atom. The lowest BCUT2D eigenvalue weighted by atomic mass is 9.80. The van der Waals surface area contributed by atoms with Gasteiger partial charge in [-0.25, -0.2) is 0 Å². The van der Waals surface area contributed by atoms with Crippen molar-refractivity contribution in [2.75, 3.05) is 0 Å². The van der Waals surface area contributed by atoms with Crippen molar-refractivity contribution < 1.29 is 4.79 Å². The zero-order valence-electron chi connectivity index (χ0n) is 10.5. The summed E-state index contributed by atoms with van der Waals surface area (Å²) in [6.45, 7) is 2.19. The van der Waals surface area contributed by atoms with Crippen LogP contribution in [-0.4, -0.2) is 5.78 Å². The van der Waals surface area contributed by atoms with Crippen LogP contribution in [0.1, 0.15) is 49.7 Å². The van der Waals surface area contributed by atoms with Gasteiger partial charge in [-0.05, 0) is 48.6 Å². The fourth-order valence-electron chi connectivity index (χ4n) is 3.23. The van der Waals surface area contributed by atoms with Crippen LogP contribution >= 0.6 is 0 Å². The molecule has 3 unspecified atom stereocenters. The molecule has 0 aromatic heterocycles. The lowest BCUT2D eigenvalue weighted by Gasteiger charge is -2.25. The average molecular weight is 228 g/mol. The van der Waals surface area contributed by atoms with E-state index in [4.69, 9.17) is 0 Å². The summed E-state index contributed by atoms with van der Waals surface area (Å²) in [5.74, 6) is 2.06. The highest BCUT2D eigenvalue weighted by atomic mass is 16.1. The summed E-state index contributed by atoms with van der Waals surface area (Å²) in [4.78, 5) is 12.1. The van der Waals surface area contributed by atoms with Gasteiger partial charge < -0.3 is 0 Å². The molecule has 0 N–H and O–H groups in total. The first kappa shape index (κ1) is 11.0. The summed E-state index contributed by atoms with van der Waals surface area (Å²) >= 11 is 0. The van der Waals surface area contributed by atoms with Gasteiger partial charge in [0, 0.05) is 12.3 Å². The monoisotopic (exact) mass is 228 g/mol. The van der Waals surface area contributed by atoms with E-state index in [9.17, 15) is 4.79 Å². The molecule has 2 aliphatic carbocycles. The van der Waals surface area contributed by atoms with E-state index in [0.717, 1.165) is 12.8 Å². The van der Waals surface area contributed by atoms with Gasteiger partial charge in [0.2, 0.25) is 0 Å². The van der Waals surface area contributed by atoms with E-state index in [2.05, 4.69) is 31.2 Å². The minimum Gasteiger partial charge on any atom is -0.299 e. The highest BCUT2D eigenvalue weighted by molar-refractivity contribution is 5.84. The molecule has 0 bridgehead atoms. The van der Waals surface area contributed by atoms with Gasteiger partial charge in [0.05, 0.1) is 0 Å². The van der Waals surface area contributed by atoms with Gasteiger partial charge in [-0.1, -0.05) is 31.2 Å². The van der Waals surface area contributed by atoms with Gasteiger partial charge in [-0.3, -0.25) is 4.79 Å². The minimum absolute atomic E-state index is 0.393. The van der Waals surface area contributed by atoms with Crippen LogP contribution in [0.5, 0.6) is 0 Å². The summed E-state index contributed by atoms with van der Waals surface area (Å²) in [6, 6.07) is 8.68. The number of carbonyl (C=O) groups excluding carboxylic acids is 1. The molecule has 1 fully saturated rings. The Kier molecular flexibility index (Phi) is 2.78. The molecule has 1 heteroatoms. The highest BCUT2D eigenvalue weighted by Crippen LogP contribution is 2.42. The summed E-state index contributed by atoms with van der Waals surface area (Å²) < 4.78 is 0. The molecule has 2 aliphatic rings. The molecule has 3 rings (SSSR count). The van der Waals surface area contributed by atoms with E-state index in [1.54, 1.807) is 0 Å². The minimum atomic E-state index is 0.393. The summed E-state index contributed by atoms with van der Waals surface area (Å²) in [5.41, 5.74) is 2.92. The third kappa shape index (κ3) is 2.15. The lowest BCUT2D eigenvalue weighted by Crippen LogP contribution is -2.15. The van der Waals surface area contributed by atoms with Gasteiger partial charge in [0.25, 0.3) is 0 Å². The Hall–Kier alpha value is -1.11. The van der Waals surface area contributed by atoms with E-state index >= 15 is 0 Å². The average Bonchev–Trinajstić information content (AvgIpc) is 3.07. The molecule has 90 valence electrons. The topological polar surface area (TPSA) is 17.1 Å². The van der Waals surface area contributed by atoms with Crippen molar-refractivity contribution in [2.45, 2.75) is 44.9 Å². The number of ketones is 1. The quantitative estimate of drug-likeness (QED) is 0.770. The van der Waals surface area contributed by atoms with Crippen molar-refractivity contribution in [3.8, 4) is 0 Å². The Morgan fingerprint density at radius 2 is 2.12 bits per heavy atom. The molecule has 0 amide bonds. The number of carbonyl (C=O) groups is 1. The Morgan fingerprint density at radius 3 is 2.88 bits per heavy atom. The van der Waals surface area contributed by atoms with Crippen molar-refractivity contribution in [3.63, 3.8) is 0 Å². The second-order valence-corrected chi connectivity index (χ2v) is 5.78.